The van der Waals surface area contributed by atoms with E-state index in [4.69, 9.17) is 15.6 Å². The van der Waals surface area contributed by atoms with Crippen molar-refractivity contribution in [2.75, 3.05) is 13.2 Å². The van der Waals surface area contributed by atoms with Gasteiger partial charge in [0, 0.05) is 34.1 Å². The molecule has 2 atom stereocenters. The van der Waals surface area contributed by atoms with Crippen LogP contribution in [-0.2, 0) is 41.8 Å². The normalized spacial score (nSPS) is 11.9. The molecule has 4 N–H and O–H groups in total. The second-order valence-electron chi connectivity index (χ2n) is 15.6. The predicted molar refractivity (Wildman–Crippen MR) is 228 cm³/mol. The molecule has 0 aromatic heterocycles. The fourth-order valence-electron chi connectivity index (χ4n) is 6.70. The number of aliphatic hydroxyl groups is 1. The van der Waals surface area contributed by atoms with Gasteiger partial charge in [-0.25, -0.2) is 0 Å². The second-order valence-corrected chi connectivity index (χ2v) is 15.6. The standard InChI is InChI=1S/C30H51N2O3.C17H36O.W/c1-3-4-5-6-7-8-9-10-11-12-13-14-15-16-20-23-29(33)35-25-26(2)32-30(34)28(31)24-27-21-18-17-19-22-27;1-2-3-4-5-6-7-8-9-10-11-12-13-14-15-16-17-18;/h17-19,21-22,26,28H,2-16,20,23-25,31H2,1H3,(H,32,34);18H,2-17H2,1H3;/q-1;;. The zero-order valence-electron chi connectivity index (χ0n) is 35.4. The van der Waals surface area contributed by atoms with Crippen LogP contribution in [0.2, 0.25) is 0 Å². The number of carbonyl (C=O) groups excluding carboxylic acids is 2. The summed E-state index contributed by atoms with van der Waals surface area (Å²) in [4.78, 5) is 24.2. The predicted octanol–water partition coefficient (Wildman–Crippen LogP) is 12.5. The Kier molecular flexibility index (Phi) is 45.2. The Bertz CT molecular complexity index is 887. The number of esters is 1. The molecule has 0 saturated heterocycles. The van der Waals surface area contributed by atoms with Gasteiger partial charge in [-0.3, -0.25) is 9.59 Å². The summed E-state index contributed by atoms with van der Waals surface area (Å²) < 4.78 is 5.26. The molecule has 1 amide bonds. The molecular weight excluding hydrogens is 840 g/mol. The molecule has 1 aromatic rings. The minimum Gasteiger partial charge on any atom is -0.466 e. The van der Waals surface area contributed by atoms with E-state index in [0.717, 1.165) is 24.8 Å². The molecule has 316 valence electrons. The zero-order chi connectivity index (χ0) is 38.9. The Balaban J connectivity index is 0. The van der Waals surface area contributed by atoms with E-state index in [0.29, 0.717) is 19.4 Å². The third-order valence-corrected chi connectivity index (χ3v) is 10.2. The topological polar surface area (TPSA) is 102 Å². The van der Waals surface area contributed by atoms with Crippen LogP contribution in [0, 0.1) is 6.92 Å². The minimum atomic E-state index is -0.655. The van der Waals surface area contributed by atoms with E-state index in [-0.39, 0.29) is 39.5 Å². The molecule has 0 radical (unpaired) electrons. The summed E-state index contributed by atoms with van der Waals surface area (Å²) in [6, 6.07) is 8.48. The van der Waals surface area contributed by atoms with Gasteiger partial charge in [0.25, 0.3) is 0 Å². The first kappa shape index (κ1) is 54.9. The van der Waals surface area contributed by atoms with Crippen molar-refractivity contribution in [3.8, 4) is 0 Å². The number of benzene rings is 1. The Morgan fingerprint density at radius 2 is 0.963 bits per heavy atom. The Morgan fingerprint density at radius 1 is 0.611 bits per heavy atom. The number of rotatable bonds is 37. The van der Waals surface area contributed by atoms with Crippen molar-refractivity contribution in [3.63, 3.8) is 0 Å². The van der Waals surface area contributed by atoms with Crippen LogP contribution < -0.4 is 11.1 Å². The van der Waals surface area contributed by atoms with Gasteiger partial charge in [-0.1, -0.05) is 230 Å². The second kappa shape index (κ2) is 44.5. The minimum absolute atomic E-state index is 0. The molecule has 0 fully saturated rings. The molecule has 6 nitrogen and oxygen atoms in total. The van der Waals surface area contributed by atoms with Gasteiger partial charge in [0.05, 0.1) is 12.6 Å². The molecular formula is C47H87N2O4W-. The first-order valence-electron chi connectivity index (χ1n) is 22.6. The van der Waals surface area contributed by atoms with Gasteiger partial charge in [-0.15, -0.1) is 0 Å². The van der Waals surface area contributed by atoms with Crippen molar-refractivity contribution >= 4 is 11.9 Å². The average Bonchev–Trinajstić information content (AvgIpc) is 3.16. The van der Waals surface area contributed by atoms with Gasteiger partial charge in [-0.05, 0) is 24.8 Å². The number of aliphatic hydroxyl groups excluding tert-OH is 1. The summed E-state index contributed by atoms with van der Waals surface area (Å²) in [6.07, 6.45) is 41.1. The molecule has 7 heteroatoms. The Morgan fingerprint density at radius 3 is 1.33 bits per heavy atom. The Hall–Kier alpha value is -1.23. The molecule has 0 saturated carbocycles. The maximum absolute atomic E-state index is 12.2. The maximum atomic E-state index is 12.2. The molecule has 0 heterocycles. The molecule has 1 rings (SSSR count). The monoisotopic (exact) mass is 928 g/mol. The van der Waals surface area contributed by atoms with Gasteiger partial charge in [0.2, 0.25) is 5.91 Å². The summed E-state index contributed by atoms with van der Waals surface area (Å²) in [5.74, 6) is -0.511. The van der Waals surface area contributed by atoms with E-state index in [9.17, 15) is 9.59 Å². The van der Waals surface area contributed by atoms with Crippen LogP contribution in [0.25, 0.3) is 0 Å². The summed E-state index contributed by atoms with van der Waals surface area (Å²) in [5.41, 5.74) is 6.98. The van der Waals surface area contributed by atoms with Gasteiger partial charge in [-0.2, -0.15) is 0 Å². The number of amides is 1. The number of nitrogens with two attached hydrogens (primary N) is 1. The molecule has 0 aliphatic rings. The van der Waals surface area contributed by atoms with Crippen LogP contribution in [0.15, 0.2) is 30.3 Å². The molecule has 0 spiro atoms. The average molecular weight is 928 g/mol. The number of hydrogen-bond donors (Lipinski definition) is 3. The first-order valence-corrected chi connectivity index (χ1v) is 22.6. The van der Waals surface area contributed by atoms with E-state index < -0.39 is 12.1 Å². The summed E-state index contributed by atoms with van der Waals surface area (Å²) in [5, 5.41) is 11.4. The largest absolute Gasteiger partial charge is 0.466 e. The quantitative estimate of drug-likeness (QED) is 0.0350. The molecule has 0 aliphatic heterocycles. The van der Waals surface area contributed by atoms with Gasteiger partial charge >= 0.3 is 5.97 Å². The van der Waals surface area contributed by atoms with Crippen LogP contribution in [0.3, 0.4) is 0 Å². The third-order valence-electron chi connectivity index (χ3n) is 10.2. The van der Waals surface area contributed by atoms with Crippen molar-refractivity contribution in [2.24, 2.45) is 5.73 Å². The molecule has 0 aliphatic carbocycles. The number of unbranched alkanes of at least 4 members (excludes halogenated alkanes) is 28. The summed E-state index contributed by atoms with van der Waals surface area (Å²) in [6.45, 7) is 8.84. The number of hydrogen-bond acceptors (Lipinski definition) is 5. The maximum Gasteiger partial charge on any atom is 0.305 e. The van der Waals surface area contributed by atoms with Gasteiger partial charge in [0.1, 0.15) is 0 Å². The van der Waals surface area contributed by atoms with Crippen LogP contribution in [0.4, 0.5) is 0 Å². The van der Waals surface area contributed by atoms with Crippen molar-refractivity contribution < 1.29 is 40.5 Å². The first-order chi connectivity index (χ1) is 25.9. The van der Waals surface area contributed by atoms with Crippen LogP contribution >= 0.6 is 0 Å². The third kappa shape index (κ3) is 40.4. The number of nitrogens with one attached hydrogen (secondary N) is 1. The Labute approximate surface area is 349 Å². The van der Waals surface area contributed by atoms with E-state index in [1.807, 2.05) is 30.3 Å². The molecule has 2 unspecified atom stereocenters. The van der Waals surface area contributed by atoms with Crippen molar-refractivity contribution in [1.29, 1.82) is 0 Å². The smallest absolute Gasteiger partial charge is 0.305 e. The van der Waals surface area contributed by atoms with Crippen molar-refractivity contribution in [2.45, 2.75) is 231 Å². The summed E-state index contributed by atoms with van der Waals surface area (Å²) >= 11 is 0. The summed E-state index contributed by atoms with van der Waals surface area (Å²) in [7, 11) is 0. The van der Waals surface area contributed by atoms with Crippen LogP contribution in [-0.4, -0.2) is 42.3 Å². The molecule has 1 aromatic carbocycles. The van der Waals surface area contributed by atoms with E-state index in [2.05, 4.69) is 26.1 Å². The molecule has 0 bridgehead atoms. The SMILES string of the molecule is CCCCCCCCCCCCCCCCCO.[CH2-]C(COC(=O)CCCCCCCCCCCCCCCCC)NC(=O)C(N)Cc1ccccc1.[W]. The van der Waals surface area contributed by atoms with E-state index in [1.54, 1.807) is 0 Å². The van der Waals surface area contributed by atoms with Gasteiger partial charge < -0.3 is 27.8 Å². The van der Waals surface area contributed by atoms with E-state index >= 15 is 0 Å². The van der Waals surface area contributed by atoms with Gasteiger partial charge in [0.15, 0.2) is 0 Å². The van der Waals surface area contributed by atoms with Crippen molar-refractivity contribution in [3.05, 3.63) is 42.8 Å². The zero-order valence-corrected chi connectivity index (χ0v) is 38.4. The van der Waals surface area contributed by atoms with Crippen molar-refractivity contribution in [1.82, 2.24) is 5.32 Å². The van der Waals surface area contributed by atoms with Crippen LogP contribution in [0.1, 0.15) is 218 Å². The molecule has 54 heavy (non-hydrogen) atoms. The fourth-order valence-corrected chi connectivity index (χ4v) is 6.70. The number of ether oxygens (including phenoxy) is 1. The fraction of sp³-hybridized carbons (Fsp3) is 0.809. The number of carbonyl (C=O) groups is 2. The van der Waals surface area contributed by atoms with Crippen LogP contribution in [0.5, 0.6) is 0 Å². The van der Waals surface area contributed by atoms with E-state index in [1.165, 1.54) is 173 Å².